The number of esters is 1. The van der Waals surface area contributed by atoms with Crippen LogP contribution < -0.4 is 0 Å². The van der Waals surface area contributed by atoms with E-state index in [1.165, 1.54) is 13.0 Å². The minimum absolute atomic E-state index is 0.0421. The van der Waals surface area contributed by atoms with Crippen molar-refractivity contribution in [3.63, 3.8) is 0 Å². The molecule has 9 N–H and O–H groups in total. The van der Waals surface area contributed by atoms with Crippen LogP contribution in [0.25, 0.3) is 0 Å². The summed E-state index contributed by atoms with van der Waals surface area (Å²) in [5.41, 5.74) is -5.24. The fourth-order valence-corrected chi connectivity index (χ4v) is 12.4. The van der Waals surface area contributed by atoms with Crippen molar-refractivity contribution in [1.82, 2.24) is 0 Å². The number of carbonyl (C=O) groups excluding carboxylic acids is 2. The third kappa shape index (κ3) is 6.47. The maximum atomic E-state index is 13.9. The van der Waals surface area contributed by atoms with Gasteiger partial charge in [-0.1, -0.05) is 13.8 Å². The Bertz CT molecular complexity index is 1600. The molecule has 58 heavy (non-hydrogen) atoms. The van der Waals surface area contributed by atoms with E-state index in [4.69, 9.17) is 33.2 Å². The first-order chi connectivity index (χ1) is 27.2. The fraction of sp³-hybridized carbons (Fsp3) is 0.900. The van der Waals surface area contributed by atoms with Gasteiger partial charge in [-0.15, -0.1) is 0 Å². The summed E-state index contributed by atoms with van der Waals surface area (Å²) in [4.78, 5) is 25.9. The van der Waals surface area contributed by atoms with Gasteiger partial charge in [-0.2, -0.15) is 0 Å². The smallest absolute Gasteiger partial charge is 0.331 e. The Kier molecular flexibility index (Phi) is 11.3. The normalized spacial score (nSPS) is 55.9. The predicted molar refractivity (Wildman–Crippen MR) is 193 cm³/mol. The van der Waals surface area contributed by atoms with Crippen molar-refractivity contribution >= 4 is 11.8 Å². The van der Waals surface area contributed by atoms with E-state index in [0.717, 1.165) is 0 Å². The lowest BCUT2D eigenvalue weighted by molar-refractivity contribution is -0.355. The molecule has 4 heterocycles. The molecule has 0 amide bonds. The third-order valence-corrected chi connectivity index (χ3v) is 15.7. The summed E-state index contributed by atoms with van der Waals surface area (Å²) in [6.07, 6.45) is -13.3. The lowest BCUT2D eigenvalue weighted by Gasteiger charge is -2.66. The number of aliphatic hydroxyl groups is 9. The highest BCUT2D eigenvalue weighted by Crippen LogP contribution is 2.70. The molecule has 0 radical (unpaired) electrons. The second-order valence-electron chi connectivity index (χ2n) is 18.7. The highest BCUT2D eigenvalue weighted by molar-refractivity contribution is 5.98. The number of rotatable bonds is 7. The molecular formula is C40H60O18. The molecule has 8 rings (SSSR count). The largest absolute Gasteiger partial charge is 0.458 e. The molecule has 18 heteroatoms. The van der Waals surface area contributed by atoms with Crippen LogP contribution in [-0.4, -0.2) is 174 Å². The fourth-order valence-electron chi connectivity index (χ4n) is 12.4. The predicted octanol–water partition coefficient (Wildman–Crippen LogP) is -1.93. The van der Waals surface area contributed by atoms with Crippen LogP contribution >= 0.6 is 0 Å². The highest BCUT2D eigenvalue weighted by Gasteiger charge is 2.80. The molecule has 18 nitrogen and oxygen atoms in total. The zero-order valence-corrected chi connectivity index (χ0v) is 33.2. The van der Waals surface area contributed by atoms with E-state index in [1.54, 1.807) is 13.8 Å². The Morgan fingerprint density at radius 3 is 2.17 bits per heavy atom. The summed E-state index contributed by atoms with van der Waals surface area (Å²) < 4.78 is 40.4. The van der Waals surface area contributed by atoms with Crippen molar-refractivity contribution < 1.29 is 88.7 Å². The van der Waals surface area contributed by atoms with Crippen LogP contribution in [0.15, 0.2) is 11.6 Å². The number of ether oxygens (including phenoxy) is 7. The van der Waals surface area contributed by atoms with Gasteiger partial charge in [0.05, 0.1) is 31.0 Å². The molecule has 4 aliphatic heterocycles. The second-order valence-corrected chi connectivity index (χ2v) is 18.7. The monoisotopic (exact) mass is 828 g/mol. The number of hydrogen-bond acceptors (Lipinski definition) is 18. The molecule has 0 aromatic heterocycles. The molecule has 7 fully saturated rings. The summed E-state index contributed by atoms with van der Waals surface area (Å²) in [6, 6.07) is 0. The van der Waals surface area contributed by atoms with E-state index in [2.05, 4.69) is 6.92 Å². The molecular weight excluding hydrogens is 768 g/mol. The lowest BCUT2D eigenvalue weighted by Crippen LogP contribution is -2.75. The lowest BCUT2D eigenvalue weighted by atomic mass is 9.41. The van der Waals surface area contributed by atoms with Crippen LogP contribution in [0.5, 0.6) is 0 Å². The first-order valence-electron chi connectivity index (χ1n) is 20.8. The zero-order valence-electron chi connectivity index (χ0n) is 33.2. The zero-order chi connectivity index (χ0) is 41.9. The Morgan fingerprint density at radius 1 is 0.759 bits per heavy atom. The first kappa shape index (κ1) is 42.9. The molecule has 0 aromatic rings. The van der Waals surface area contributed by atoms with E-state index < -0.39 is 132 Å². The van der Waals surface area contributed by atoms with Crippen molar-refractivity contribution in [2.45, 2.75) is 182 Å². The molecule has 328 valence electrons. The van der Waals surface area contributed by atoms with Crippen LogP contribution in [0.1, 0.15) is 79.1 Å². The average Bonchev–Trinajstić information content (AvgIpc) is 3.66. The maximum absolute atomic E-state index is 13.9. The van der Waals surface area contributed by atoms with Gasteiger partial charge in [0.25, 0.3) is 0 Å². The average molecular weight is 829 g/mol. The van der Waals surface area contributed by atoms with Crippen molar-refractivity contribution in [3.8, 4) is 0 Å². The number of carbonyl (C=O) groups is 2. The number of Topliss-reactive ketones (excluding diaryl/α,β-unsaturated/α-hetero) is 1. The molecule has 0 aromatic carbocycles. The first-order valence-corrected chi connectivity index (χ1v) is 20.8. The number of aliphatic hydroxyl groups excluding tert-OH is 7. The highest BCUT2D eigenvalue weighted by atomic mass is 16.7. The SMILES string of the molecule is C[C@@H]1O[C@@H](O[C@@H]2CO[C@@H](O[C@H]3[C@@H](O)C[C@H](O[C@H]4CC[C@@]5(C)[C@@H](CC[C@]6(O)[C@@H]5CC[C@]5(C)[C@@H](C7=CC(=O)OC7)[C@H](O)C(=O)[C@@]56O)C4)O[C@@H]3C)[C@H](O)[C@H]2O)[C@H](O)[C@H](O)[C@H]1O. The quantitative estimate of drug-likeness (QED) is 0.0998. The van der Waals surface area contributed by atoms with Crippen LogP contribution in [-0.2, 0) is 42.7 Å². The van der Waals surface area contributed by atoms with Gasteiger partial charge in [-0.3, -0.25) is 4.79 Å². The minimum Gasteiger partial charge on any atom is -0.458 e. The summed E-state index contributed by atoms with van der Waals surface area (Å²) in [5, 5.41) is 99.7. The van der Waals surface area contributed by atoms with Crippen molar-refractivity contribution in [1.29, 1.82) is 0 Å². The van der Waals surface area contributed by atoms with Gasteiger partial charge in [0.15, 0.2) is 30.3 Å². The van der Waals surface area contributed by atoms with Gasteiger partial charge in [-0.25, -0.2) is 4.79 Å². The number of hydrogen-bond donors (Lipinski definition) is 9. The minimum atomic E-state index is -2.23. The Balaban J connectivity index is 0.861. The van der Waals surface area contributed by atoms with Crippen LogP contribution in [0.2, 0.25) is 0 Å². The molecule has 3 saturated heterocycles. The number of fused-ring (bicyclic) bond motifs is 5. The van der Waals surface area contributed by atoms with Crippen molar-refractivity contribution in [2.24, 2.45) is 28.6 Å². The van der Waals surface area contributed by atoms with Gasteiger partial charge in [0.2, 0.25) is 0 Å². The molecule has 4 aliphatic carbocycles. The summed E-state index contributed by atoms with van der Waals surface area (Å²) >= 11 is 0. The van der Waals surface area contributed by atoms with Gasteiger partial charge >= 0.3 is 5.97 Å². The van der Waals surface area contributed by atoms with Crippen LogP contribution in [0.4, 0.5) is 0 Å². The summed E-state index contributed by atoms with van der Waals surface area (Å²) in [6.45, 7) is 6.65. The topological polar surface area (TPSA) is 281 Å². The Labute approximate surface area is 336 Å². The van der Waals surface area contributed by atoms with Gasteiger partial charge in [0, 0.05) is 23.8 Å². The molecule has 0 bridgehead atoms. The van der Waals surface area contributed by atoms with Gasteiger partial charge in [0.1, 0.15) is 61.0 Å². The summed E-state index contributed by atoms with van der Waals surface area (Å²) in [5.74, 6) is -2.59. The summed E-state index contributed by atoms with van der Waals surface area (Å²) in [7, 11) is 0. The van der Waals surface area contributed by atoms with E-state index in [1.807, 2.05) is 0 Å². The molecule has 8 aliphatic rings. The number of ketones is 1. The van der Waals surface area contributed by atoms with E-state index >= 15 is 0 Å². The molecule has 0 spiro atoms. The Morgan fingerprint density at radius 2 is 1.48 bits per heavy atom. The maximum Gasteiger partial charge on any atom is 0.331 e. The van der Waals surface area contributed by atoms with Gasteiger partial charge in [-0.05, 0) is 81.6 Å². The second kappa shape index (κ2) is 15.3. The van der Waals surface area contributed by atoms with Gasteiger partial charge < -0.3 is 79.1 Å². The molecule has 0 unspecified atom stereocenters. The molecule has 22 atom stereocenters. The third-order valence-electron chi connectivity index (χ3n) is 15.7. The van der Waals surface area contributed by atoms with Crippen molar-refractivity contribution in [3.05, 3.63) is 11.6 Å². The van der Waals surface area contributed by atoms with Crippen LogP contribution in [0.3, 0.4) is 0 Å². The van der Waals surface area contributed by atoms with E-state index in [0.29, 0.717) is 44.1 Å². The van der Waals surface area contributed by atoms with Crippen molar-refractivity contribution in [2.75, 3.05) is 13.2 Å². The molecule has 4 saturated carbocycles. The number of cyclic esters (lactones) is 1. The standard InChI is InChI=1S/C40H60O18/c1-16-27(43)30(46)32(48)36(55-16)57-22-15-53-35(31(47)28(22)44)58-33-17(2)54-25(13-21(33)41)56-20-6-8-37(3)19(12-20)5-10-39(50)23(37)7-9-38(4)26(18-11-24(42)52-14-18)29(45)34(49)40(38,39)51/h11,16-17,19-23,25-33,35-36,41,43-48,50-51H,5-10,12-15H2,1-4H3/t16-,17+,19-,20-,21-,22+,23+,25-,26-,27-,28-,29-,30+,31+,32+,33+,35-,36-,37-,38+,39-,40+/m0/s1. The Hall–Kier alpha value is -1.72. The van der Waals surface area contributed by atoms with E-state index in [-0.39, 0.29) is 38.1 Å². The van der Waals surface area contributed by atoms with Crippen LogP contribution in [0, 0.1) is 28.6 Å². The van der Waals surface area contributed by atoms with E-state index in [9.17, 15) is 55.5 Å².